The number of aliphatic hydroxyl groups excluding tert-OH is 1. The van der Waals surface area contributed by atoms with Gasteiger partial charge in [0.15, 0.2) is 0 Å². The van der Waals surface area contributed by atoms with E-state index in [0.717, 1.165) is 17.9 Å². The summed E-state index contributed by atoms with van der Waals surface area (Å²) in [5.41, 5.74) is 1.15. The molecule has 1 rings (SSSR count). The summed E-state index contributed by atoms with van der Waals surface area (Å²) in [6.45, 7) is 4.19. The summed E-state index contributed by atoms with van der Waals surface area (Å²) in [5.74, 6) is 0.793. The normalized spacial score (nSPS) is 12.4. The van der Waals surface area contributed by atoms with Gasteiger partial charge < -0.3 is 19.9 Å². The first kappa shape index (κ1) is 14.0. The maximum atomic E-state index is 9.65. The molecule has 0 unspecified atom stereocenters. The van der Waals surface area contributed by atoms with Crippen LogP contribution in [0, 0.1) is 6.92 Å². The van der Waals surface area contributed by atoms with Crippen molar-refractivity contribution in [3.63, 3.8) is 0 Å². The lowest BCUT2D eigenvalue weighted by Crippen LogP contribution is -2.33. The topological polar surface area (TPSA) is 50.7 Å². The van der Waals surface area contributed by atoms with E-state index in [2.05, 4.69) is 5.32 Å². The lowest BCUT2D eigenvalue weighted by atomic mass is 10.2. The highest BCUT2D eigenvalue weighted by atomic mass is 16.5. The second kappa shape index (κ2) is 8.06. The Hall–Kier alpha value is -1.10. The van der Waals surface area contributed by atoms with Crippen molar-refractivity contribution in [2.45, 2.75) is 13.0 Å². The molecule has 2 N–H and O–H groups in total. The van der Waals surface area contributed by atoms with Crippen LogP contribution in [0.2, 0.25) is 0 Å². The summed E-state index contributed by atoms with van der Waals surface area (Å²) in [6.07, 6.45) is -0.507. The molecule has 0 heterocycles. The molecule has 1 aromatic rings. The summed E-state index contributed by atoms with van der Waals surface area (Å²) < 4.78 is 10.4. The molecule has 0 radical (unpaired) electrons. The Bertz CT molecular complexity index is 317. The van der Waals surface area contributed by atoms with Crippen molar-refractivity contribution in [1.29, 1.82) is 0 Å². The predicted molar refractivity (Wildman–Crippen MR) is 67.4 cm³/mol. The maximum absolute atomic E-state index is 9.65. The molecule has 17 heavy (non-hydrogen) atoms. The van der Waals surface area contributed by atoms with Gasteiger partial charge in [0.2, 0.25) is 0 Å². The molecule has 0 aliphatic rings. The Balaban J connectivity index is 2.17. The van der Waals surface area contributed by atoms with E-state index in [1.807, 2.05) is 31.2 Å². The SMILES string of the molecule is COCCNC[C@H](O)COc1cccc(C)c1. The fourth-order valence-electron chi connectivity index (χ4n) is 1.40. The molecule has 0 amide bonds. The highest BCUT2D eigenvalue weighted by Crippen LogP contribution is 2.12. The monoisotopic (exact) mass is 239 g/mol. The number of rotatable bonds is 8. The Morgan fingerprint density at radius 2 is 2.24 bits per heavy atom. The third kappa shape index (κ3) is 6.26. The number of hydrogen-bond acceptors (Lipinski definition) is 4. The summed E-state index contributed by atoms with van der Waals surface area (Å²) in [4.78, 5) is 0. The fourth-order valence-corrected chi connectivity index (χ4v) is 1.40. The van der Waals surface area contributed by atoms with Crippen LogP contribution in [0.1, 0.15) is 5.56 Å². The fraction of sp³-hybridized carbons (Fsp3) is 0.538. The van der Waals surface area contributed by atoms with Crippen molar-refractivity contribution in [3.8, 4) is 5.75 Å². The molecule has 0 saturated heterocycles. The van der Waals surface area contributed by atoms with E-state index < -0.39 is 6.10 Å². The number of nitrogens with one attached hydrogen (secondary N) is 1. The lowest BCUT2D eigenvalue weighted by Gasteiger charge is -2.13. The van der Waals surface area contributed by atoms with E-state index >= 15 is 0 Å². The predicted octanol–water partition coefficient (Wildman–Crippen LogP) is 0.971. The largest absolute Gasteiger partial charge is 0.491 e. The van der Waals surface area contributed by atoms with Gasteiger partial charge in [-0.2, -0.15) is 0 Å². The molecular weight excluding hydrogens is 218 g/mol. The van der Waals surface area contributed by atoms with Crippen LogP contribution in [0.15, 0.2) is 24.3 Å². The van der Waals surface area contributed by atoms with Gasteiger partial charge in [-0.3, -0.25) is 0 Å². The third-order valence-corrected chi connectivity index (χ3v) is 2.29. The summed E-state index contributed by atoms with van der Waals surface area (Å²) in [7, 11) is 1.65. The molecule has 0 aliphatic carbocycles. The van der Waals surface area contributed by atoms with Gasteiger partial charge in [-0.15, -0.1) is 0 Å². The molecule has 4 nitrogen and oxygen atoms in total. The second-order valence-corrected chi connectivity index (χ2v) is 3.98. The standard InChI is InChI=1S/C13H21NO3/c1-11-4-3-5-13(8-11)17-10-12(15)9-14-6-7-16-2/h3-5,8,12,14-15H,6-7,9-10H2,1-2H3/t12-/m0/s1. The first-order valence-electron chi connectivity index (χ1n) is 5.79. The van der Waals surface area contributed by atoms with Crippen molar-refractivity contribution in [3.05, 3.63) is 29.8 Å². The van der Waals surface area contributed by atoms with Crippen LogP contribution < -0.4 is 10.1 Å². The van der Waals surface area contributed by atoms with Gasteiger partial charge in [0, 0.05) is 20.2 Å². The minimum atomic E-state index is -0.507. The quantitative estimate of drug-likeness (QED) is 0.664. The van der Waals surface area contributed by atoms with E-state index in [1.165, 1.54) is 0 Å². The molecule has 0 aromatic heterocycles. The average Bonchev–Trinajstić information content (AvgIpc) is 2.32. The molecule has 0 bridgehead atoms. The number of ether oxygens (including phenoxy) is 2. The lowest BCUT2D eigenvalue weighted by molar-refractivity contribution is 0.103. The molecule has 0 saturated carbocycles. The molecule has 1 atom stereocenters. The van der Waals surface area contributed by atoms with Gasteiger partial charge >= 0.3 is 0 Å². The van der Waals surface area contributed by atoms with Crippen LogP contribution >= 0.6 is 0 Å². The molecular formula is C13H21NO3. The Morgan fingerprint density at radius 3 is 2.94 bits per heavy atom. The minimum absolute atomic E-state index is 0.295. The van der Waals surface area contributed by atoms with Crippen LogP contribution in [-0.2, 0) is 4.74 Å². The molecule has 0 fully saturated rings. The van der Waals surface area contributed by atoms with Crippen LogP contribution in [-0.4, -0.2) is 44.6 Å². The summed E-state index contributed by atoms with van der Waals surface area (Å²) >= 11 is 0. The van der Waals surface area contributed by atoms with Gasteiger partial charge in [0.25, 0.3) is 0 Å². The number of benzene rings is 1. The Kier molecular flexibility index (Phi) is 6.62. The van der Waals surface area contributed by atoms with E-state index in [0.29, 0.717) is 19.8 Å². The molecule has 4 heteroatoms. The smallest absolute Gasteiger partial charge is 0.119 e. The first-order valence-corrected chi connectivity index (χ1v) is 5.79. The highest BCUT2D eigenvalue weighted by molar-refractivity contribution is 5.27. The van der Waals surface area contributed by atoms with E-state index in [4.69, 9.17) is 9.47 Å². The second-order valence-electron chi connectivity index (χ2n) is 3.98. The van der Waals surface area contributed by atoms with Crippen molar-refractivity contribution in [2.24, 2.45) is 0 Å². The molecule has 0 spiro atoms. The number of methoxy groups -OCH3 is 1. The van der Waals surface area contributed by atoms with Crippen molar-refractivity contribution in [2.75, 3.05) is 33.4 Å². The van der Waals surface area contributed by atoms with E-state index in [-0.39, 0.29) is 0 Å². The Labute approximate surface area is 103 Å². The van der Waals surface area contributed by atoms with Gasteiger partial charge in [0.05, 0.1) is 6.61 Å². The van der Waals surface area contributed by atoms with E-state index in [1.54, 1.807) is 7.11 Å². The van der Waals surface area contributed by atoms with Gasteiger partial charge in [-0.25, -0.2) is 0 Å². The van der Waals surface area contributed by atoms with Crippen LogP contribution in [0.3, 0.4) is 0 Å². The zero-order valence-corrected chi connectivity index (χ0v) is 10.5. The molecule has 0 aliphatic heterocycles. The zero-order valence-electron chi connectivity index (χ0n) is 10.5. The number of aryl methyl sites for hydroxylation is 1. The van der Waals surface area contributed by atoms with Crippen molar-refractivity contribution < 1.29 is 14.6 Å². The number of aliphatic hydroxyl groups is 1. The summed E-state index contributed by atoms with van der Waals surface area (Å²) in [6, 6.07) is 7.78. The average molecular weight is 239 g/mol. The van der Waals surface area contributed by atoms with Crippen molar-refractivity contribution >= 4 is 0 Å². The van der Waals surface area contributed by atoms with Gasteiger partial charge in [0.1, 0.15) is 18.5 Å². The van der Waals surface area contributed by atoms with Crippen molar-refractivity contribution in [1.82, 2.24) is 5.32 Å². The first-order chi connectivity index (χ1) is 8.22. The van der Waals surface area contributed by atoms with E-state index in [9.17, 15) is 5.11 Å². The highest BCUT2D eigenvalue weighted by Gasteiger charge is 2.04. The number of hydrogen-bond donors (Lipinski definition) is 2. The maximum Gasteiger partial charge on any atom is 0.119 e. The zero-order chi connectivity index (χ0) is 12.5. The minimum Gasteiger partial charge on any atom is -0.491 e. The van der Waals surface area contributed by atoms with Crippen LogP contribution in [0.25, 0.3) is 0 Å². The third-order valence-electron chi connectivity index (χ3n) is 2.29. The van der Waals surface area contributed by atoms with Crippen LogP contribution in [0.4, 0.5) is 0 Å². The molecule has 1 aromatic carbocycles. The van der Waals surface area contributed by atoms with Gasteiger partial charge in [-0.1, -0.05) is 12.1 Å². The van der Waals surface area contributed by atoms with Gasteiger partial charge in [-0.05, 0) is 24.6 Å². The summed E-state index contributed by atoms with van der Waals surface area (Å²) in [5, 5.41) is 12.7. The Morgan fingerprint density at radius 1 is 1.41 bits per heavy atom. The molecule has 96 valence electrons. The van der Waals surface area contributed by atoms with Crippen LogP contribution in [0.5, 0.6) is 5.75 Å².